The average molecular weight is 592 g/mol. The van der Waals surface area contributed by atoms with Crippen LogP contribution in [0, 0.1) is 11.8 Å². The predicted octanol–water partition coefficient (Wildman–Crippen LogP) is 5.96. The maximum atomic E-state index is 13.4. The Morgan fingerprint density at radius 1 is 1.07 bits per heavy atom. The topological polar surface area (TPSA) is 116 Å². The van der Waals surface area contributed by atoms with Crippen LogP contribution in [0.2, 0.25) is 10.0 Å². The lowest BCUT2D eigenvalue weighted by Crippen LogP contribution is -2.40. The molecule has 0 spiro atoms. The Morgan fingerprint density at radius 3 is 2.38 bits per heavy atom. The summed E-state index contributed by atoms with van der Waals surface area (Å²) < 4.78 is 9.79. The van der Waals surface area contributed by atoms with E-state index >= 15 is 0 Å². The van der Waals surface area contributed by atoms with Crippen LogP contribution in [-0.2, 0) is 28.7 Å². The molecule has 3 unspecified atom stereocenters. The Kier molecular flexibility index (Phi) is 10.9. The van der Waals surface area contributed by atoms with Gasteiger partial charge in [0.05, 0.1) is 5.92 Å². The lowest BCUT2D eigenvalue weighted by atomic mass is 9.94. The van der Waals surface area contributed by atoms with Gasteiger partial charge in [0.15, 0.2) is 11.8 Å². The van der Waals surface area contributed by atoms with Crippen molar-refractivity contribution in [3.63, 3.8) is 0 Å². The maximum Gasteiger partial charge on any atom is 0.419 e. The first kappa shape index (κ1) is 30.9. The highest BCUT2D eigenvalue weighted by molar-refractivity contribution is 6.47. The van der Waals surface area contributed by atoms with Crippen molar-refractivity contribution in [2.24, 2.45) is 22.1 Å². The molecule has 0 radical (unpaired) electrons. The third kappa shape index (κ3) is 7.31. The molecule has 0 saturated heterocycles. The van der Waals surface area contributed by atoms with Gasteiger partial charge in [0.2, 0.25) is 6.79 Å². The number of esters is 1. The molecule has 1 saturated carbocycles. The van der Waals surface area contributed by atoms with E-state index in [2.05, 4.69) is 10.3 Å². The molecule has 0 aliphatic heterocycles. The number of imide groups is 1. The molecule has 10 nitrogen and oxygen atoms in total. The van der Waals surface area contributed by atoms with Crippen molar-refractivity contribution in [2.75, 3.05) is 21.0 Å². The Bertz CT molecular complexity index is 1280. The van der Waals surface area contributed by atoms with E-state index < -0.39 is 36.8 Å². The average Bonchev–Trinajstić information content (AvgIpc) is 3.71. The van der Waals surface area contributed by atoms with Gasteiger partial charge in [-0.25, -0.2) is 9.69 Å². The number of rotatable bonds is 11. The highest BCUT2D eigenvalue weighted by atomic mass is 35.5. The van der Waals surface area contributed by atoms with Crippen molar-refractivity contribution in [2.45, 2.75) is 39.2 Å². The van der Waals surface area contributed by atoms with E-state index in [1.165, 1.54) is 20.4 Å². The van der Waals surface area contributed by atoms with Crippen LogP contribution in [0.15, 0.2) is 52.8 Å². The Hall–Kier alpha value is -3.63. The van der Waals surface area contributed by atoms with E-state index in [0.29, 0.717) is 32.5 Å². The molecule has 3 rings (SSSR count). The highest BCUT2D eigenvalue weighted by Crippen LogP contribution is 2.58. The van der Waals surface area contributed by atoms with Crippen molar-refractivity contribution < 1.29 is 33.5 Å². The van der Waals surface area contributed by atoms with Crippen LogP contribution in [0.3, 0.4) is 0 Å². The Morgan fingerprint density at radius 2 is 1.75 bits per heavy atom. The van der Waals surface area contributed by atoms with Crippen LogP contribution < -0.4 is 0 Å². The number of nitrogens with zero attached hydrogens (tertiary/aromatic N) is 3. The van der Waals surface area contributed by atoms with E-state index in [-0.39, 0.29) is 17.5 Å². The summed E-state index contributed by atoms with van der Waals surface area (Å²) in [5, 5.41) is 9.07. The summed E-state index contributed by atoms with van der Waals surface area (Å²) in [6, 6.07) is 12.3. The number of likely N-dealkylation sites (N-methyl/N-ethyl adjacent to an activating group) is 1. The third-order valence-corrected chi connectivity index (χ3v) is 6.88. The van der Waals surface area contributed by atoms with E-state index in [0.717, 1.165) is 5.56 Å². The number of amides is 2. The lowest BCUT2D eigenvalue weighted by molar-refractivity contribution is -0.156. The minimum Gasteiger partial charge on any atom is -0.428 e. The number of carbonyl (C=O) groups is 3. The lowest BCUT2D eigenvalue weighted by Gasteiger charge is -2.21. The van der Waals surface area contributed by atoms with E-state index in [1.54, 1.807) is 63.2 Å². The van der Waals surface area contributed by atoms with E-state index in [4.69, 9.17) is 42.4 Å². The number of benzene rings is 2. The fourth-order valence-corrected chi connectivity index (χ4v) is 4.81. The molecule has 2 aromatic rings. The second-order valence-electron chi connectivity index (χ2n) is 9.25. The van der Waals surface area contributed by atoms with Crippen LogP contribution in [0.4, 0.5) is 4.79 Å². The van der Waals surface area contributed by atoms with Crippen molar-refractivity contribution in [3.8, 4) is 0 Å². The zero-order valence-corrected chi connectivity index (χ0v) is 24.3. The van der Waals surface area contributed by atoms with Crippen LogP contribution >= 0.6 is 23.2 Å². The van der Waals surface area contributed by atoms with E-state index in [1.807, 2.05) is 0 Å². The van der Waals surface area contributed by atoms with Crippen molar-refractivity contribution in [1.82, 2.24) is 4.90 Å². The van der Waals surface area contributed by atoms with Gasteiger partial charge in [-0.15, -0.1) is 0 Å². The maximum absolute atomic E-state index is 13.4. The first-order chi connectivity index (χ1) is 19.1. The molecule has 0 aromatic heterocycles. The van der Waals surface area contributed by atoms with Gasteiger partial charge in [-0.3, -0.25) is 9.59 Å². The quantitative estimate of drug-likeness (QED) is 0.137. The van der Waals surface area contributed by atoms with Gasteiger partial charge in [0, 0.05) is 40.4 Å². The molecule has 1 fully saturated rings. The molecule has 214 valence electrons. The molecular formula is C28H31Cl2N3O7. The van der Waals surface area contributed by atoms with Gasteiger partial charge in [0.1, 0.15) is 7.11 Å². The summed E-state index contributed by atoms with van der Waals surface area (Å²) in [4.78, 5) is 49.2. The zero-order valence-electron chi connectivity index (χ0n) is 22.8. The first-order valence-corrected chi connectivity index (χ1v) is 13.3. The molecule has 2 aromatic carbocycles. The van der Waals surface area contributed by atoms with Crippen LogP contribution in [-0.4, -0.2) is 55.7 Å². The monoisotopic (exact) mass is 591 g/mol. The normalized spacial score (nSPS) is 17.4. The minimum atomic E-state index is -1.04. The molecule has 1 aliphatic rings. The van der Waals surface area contributed by atoms with Crippen molar-refractivity contribution >= 4 is 53.1 Å². The van der Waals surface area contributed by atoms with Gasteiger partial charge in [-0.1, -0.05) is 77.7 Å². The second kappa shape index (κ2) is 14.1. The number of hydrogen-bond donors (Lipinski definition) is 0. The minimum absolute atomic E-state index is 0.00368. The molecular weight excluding hydrogens is 561 g/mol. The van der Waals surface area contributed by atoms with Gasteiger partial charge in [-0.2, -0.15) is 0 Å². The summed E-state index contributed by atoms with van der Waals surface area (Å²) >= 11 is 12.9. The highest BCUT2D eigenvalue weighted by Gasteiger charge is 2.49. The molecule has 0 bridgehead atoms. The molecule has 40 heavy (non-hydrogen) atoms. The van der Waals surface area contributed by atoms with Crippen LogP contribution in [0.25, 0.3) is 0 Å². The predicted molar refractivity (Wildman–Crippen MR) is 150 cm³/mol. The Balaban J connectivity index is 1.90. The third-order valence-electron chi connectivity index (χ3n) is 6.22. The number of halogens is 2. The van der Waals surface area contributed by atoms with Crippen LogP contribution in [0.1, 0.15) is 55.9 Å². The second-order valence-corrected chi connectivity index (χ2v) is 10.1. The van der Waals surface area contributed by atoms with Gasteiger partial charge in [-0.05, 0) is 37.0 Å². The standard InChI is InChI=1S/C28H31Cl2N3O7/c1-6-31-40-25(20-14-19(20)23-21(29)12-9-13-22(23)30)18-11-8-7-10-17(18)24(32-37-5)26(34)33(4)28(36)39-15-38-27(35)16(2)3/h6-13,16,19-20,25H,14-15H2,1-5H3/b31-6+,32-24?. The summed E-state index contributed by atoms with van der Waals surface area (Å²) in [5.41, 5.74) is 1.62. The summed E-state index contributed by atoms with van der Waals surface area (Å²) in [7, 11) is 2.50. The zero-order chi connectivity index (χ0) is 29.4. The number of ether oxygens (including phenoxy) is 2. The number of oxime groups is 2. The van der Waals surface area contributed by atoms with Gasteiger partial charge < -0.3 is 19.1 Å². The largest absolute Gasteiger partial charge is 0.428 e. The van der Waals surface area contributed by atoms with E-state index in [9.17, 15) is 14.4 Å². The molecule has 0 heterocycles. The number of hydrogen-bond acceptors (Lipinski definition) is 9. The summed E-state index contributed by atoms with van der Waals surface area (Å²) in [6.07, 6.45) is 0.586. The fourth-order valence-electron chi connectivity index (χ4n) is 4.14. The first-order valence-electron chi connectivity index (χ1n) is 12.5. The van der Waals surface area contributed by atoms with Crippen LogP contribution in [0.5, 0.6) is 0 Å². The molecule has 3 atom stereocenters. The smallest absolute Gasteiger partial charge is 0.419 e. The fraction of sp³-hybridized carbons (Fsp3) is 0.393. The molecule has 0 N–H and O–H groups in total. The number of carbonyl (C=O) groups excluding carboxylic acids is 3. The SMILES string of the molecule is C/C=N/OC(c1ccccc1C(=NOC)C(=O)N(C)C(=O)OCOC(=O)C(C)C)C1CC1c1c(Cl)cccc1Cl. The van der Waals surface area contributed by atoms with Crippen molar-refractivity contribution in [3.05, 3.63) is 69.2 Å². The van der Waals surface area contributed by atoms with Gasteiger partial charge in [0.25, 0.3) is 5.91 Å². The van der Waals surface area contributed by atoms with Gasteiger partial charge >= 0.3 is 12.1 Å². The molecule has 1 aliphatic carbocycles. The summed E-state index contributed by atoms with van der Waals surface area (Å²) in [5.74, 6) is -1.83. The Labute approximate surface area is 242 Å². The molecule has 12 heteroatoms. The summed E-state index contributed by atoms with van der Waals surface area (Å²) in [6.45, 7) is 4.36. The molecule has 2 amide bonds. The van der Waals surface area contributed by atoms with Crippen molar-refractivity contribution in [1.29, 1.82) is 0 Å².